The van der Waals surface area contributed by atoms with Crippen molar-refractivity contribution >= 4 is 46.5 Å². The minimum Gasteiger partial charge on any atom is -0.490 e. The Balaban J connectivity index is 1.70. The van der Waals surface area contributed by atoms with Crippen LogP contribution >= 0.6 is 11.8 Å². The Morgan fingerprint density at radius 2 is 1.80 bits per heavy atom. The summed E-state index contributed by atoms with van der Waals surface area (Å²) in [6.07, 6.45) is 1.53. The normalized spacial score (nSPS) is 14.3. The van der Waals surface area contributed by atoms with E-state index in [2.05, 4.69) is 10.1 Å². The van der Waals surface area contributed by atoms with Gasteiger partial charge in [0.2, 0.25) is 0 Å². The van der Waals surface area contributed by atoms with Gasteiger partial charge in [0.05, 0.1) is 18.6 Å². The number of methoxy groups -OCH3 is 1. The summed E-state index contributed by atoms with van der Waals surface area (Å²) >= 11 is 0.735. The van der Waals surface area contributed by atoms with Gasteiger partial charge in [-0.15, -0.1) is 0 Å². The quantitative estimate of drug-likeness (QED) is 0.409. The number of ether oxygens (including phenoxy) is 3. The van der Waals surface area contributed by atoms with Crippen LogP contribution in [0.1, 0.15) is 23.6 Å². The molecule has 3 rings (SSSR count). The SMILES string of the molecule is CCOc1cc(/C=C2/SC(=O)N(CC(=O)OC)C2=O)ccc1OCC(=O)Nc1ccc(C)c(C)c1. The molecule has 0 bridgehead atoms. The van der Waals surface area contributed by atoms with Crippen LogP contribution in [0.2, 0.25) is 0 Å². The number of nitrogens with zero attached hydrogens (tertiary/aromatic N) is 1. The number of benzene rings is 2. The number of aryl methyl sites for hydroxylation is 2. The average Bonchev–Trinajstić information content (AvgIpc) is 3.08. The summed E-state index contributed by atoms with van der Waals surface area (Å²) in [5, 5.41) is 2.25. The minimum atomic E-state index is -0.685. The molecule has 1 fully saturated rings. The number of imide groups is 1. The van der Waals surface area contributed by atoms with Gasteiger partial charge in [0, 0.05) is 5.69 Å². The van der Waals surface area contributed by atoms with Crippen molar-refractivity contribution in [3.05, 3.63) is 58.0 Å². The highest BCUT2D eigenvalue weighted by atomic mass is 32.2. The Morgan fingerprint density at radius 3 is 2.49 bits per heavy atom. The number of anilines is 1. The first kappa shape index (κ1) is 25.8. The fourth-order valence-electron chi connectivity index (χ4n) is 3.14. The van der Waals surface area contributed by atoms with Crippen LogP contribution in [0.3, 0.4) is 0 Å². The number of nitrogens with one attached hydrogen (secondary N) is 1. The van der Waals surface area contributed by atoms with Gasteiger partial charge in [0.1, 0.15) is 6.54 Å². The maximum absolute atomic E-state index is 12.5. The van der Waals surface area contributed by atoms with Gasteiger partial charge in [-0.1, -0.05) is 12.1 Å². The van der Waals surface area contributed by atoms with Gasteiger partial charge in [0.15, 0.2) is 18.1 Å². The van der Waals surface area contributed by atoms with Crippen molar-refractivity contribution in [1.82, 2.24) is 4.90 Å². The molecule has 0 radical (unpaired) electrons. The number of esters is 1. The topological polar surface area (TPSA) is 111 Å². The second-order valence-electron chi connectivity index (χ2n) is 7.62. The Labute approximate surface area is 207 Å². The third-order valence-corrected chi connectivity index (χ3v) is 6.01. The number of rotatable bonds is 9. The number of carbonyl (C=O) groups is 4. The van der Waals surface area contributed by atoms with Crippen molar-refractivity contribution in [1.29, 1.82) is 0 Å². The molecule has 1 aliphatic rings. The molecule has 1 N–H and O–H groups in total. The lowest BCUT2D eigenvalue weighted by Crippen LogP contribution is -2.34. The first-order valence-electron chi connectivity index (χ1n) is 10.8. The van der Waals surface area contributed by atoms with Crippen LogP contribution in [0.25, 0.3) is 6.08 Å². The Kier molecular flexibility index (Phi) is 8.53. The second-order valence-corrected chi connectivity index (χ2v) is 8.61. The van der Waals surface area contributed by atoms with Crippen molar-refractivity contribution in [2.45, 2.75) is 20.8 Å². The summed E-state index contributed by atoms with van der Waals surface area (Å²) in [5.74, 6) is -0.840. The van der Waals surface area contributed by atoms with Gasteiger partial charge in [0.25, 0.3) is 17.1 Å². The molecule has 0 aromatic heterocycles. The highest BCUT2D eigenvalue weighted by Crippen LogP contribution is 2.34. The van der Waals surface area contributed by atoms with E-state index in [0.29, 0.717) is 29.4 Å². The molecule has 0 atom stereocenters. The highest BCUT2D eigenvalue weighted by Gasteiger charge is 2.36. The molecule has 3 amide bonds. The van der Waals surface area contributed by atoms with Crippen LogP contribution in [0, 0.1) is 13.8 Å². The minimum absolute atomic E-state index is 0.169. The molecule has 10 heteroatoms. The molecule has 0 aliphatic carbocycles. The number of carbonyl (C=O) groups excluding carboxylic acids is 4. The highest BCUT2D eigenvalue weighted by molar-refractivity contribution is 8.18. The monoisotopic (exact) mass is 498 g/mol. The average molecular weight is 499 g/mol. The number of thioether (sulfide) groups is 1. The van der Waals surface area contributed by atoms with Crippen molar-refractivity contribution < 1.29 is 33.4 Å². The van der Waals surface area contributed by atoms with E-state index in [-0.39, 0.29) is 17.4 Å². The fourth-order valence-corrected chi connectivity index (χ4v) is 3.98. The summed E-state index contributed by atoms with van der Waals surface area (Å²) in [6.45, 7) is 5.46. The fraction of sp³-hybridized carbons (Fsp3) is 0.280. The number of hydrogen-bond donors (Lipinski definition) is 1. The predicted molar refractivity (Wildman–Crippen MR) is 132 cm³/mol. The Bertz CT molecular complexity index is 1190. The van der Waals surface area contributed by atoms with Crippen LogP contribution in [0.5, 0.6) is 11.5 Å². The van der Waals surface area contributed by atoms with Gasteiger partial charge in [-0.05, 0) is 79.6 Å². The smallest absolute Gasteiger partial charge is 0.325 e. The van der Waals surface area contributed by atoms with Crippen molar-refractivity contribution in [3.8, 4) is 11.5 Å². The second kappa shape index (κ2) is 11.6. The Morgan fingerprint density at radius 1 is 1.03 bits per heavy atom. The third kappa shape index (κ3) is 6.63. The van der Waals surface area contributed by atoms with Crippen LogP contribution in [-0.2, 0) is 19.1 Å². The first-order valence-corrected chi connectivity index (χ1v) is 11.6. The Hall–Kier alpha value is -3.79. The lowest BCUT2D eigenvalue weighted by molar-refractivity contribution is -0.143. The van der Waals surface area contributed by atoms with Crippen molar-refractivity contribution in [2.24, 2.45) is 0 Å². The molecule has 35 heavy (non-hydrogen) atoms. The van der Waals surface area contributed by atoms with Crippen LogP contribution in [-0.4, -0.2) is 54.8 Å². The first-order chi connectivity index (χ1) is 16.7. The standard InChI is InChI=1S/C25H26N2O7S/c1-5-33-20-11-17(12-21-24(30)27(25(31)35-21)13-23(29)32-4)7-9-19(20)34-14-22(28)26-18-8-6-15(2)16(3)10-18/h6-12H,5,13-14H2,1-4H3,(H,26,28)/b21-12+. The third-order valence-electron chi connectivity index (χ3n) is 5.10. The molecule has 0 unspecified atom stereocenters. The van der Waals surface area contributed by atoms with E-state index in [1.54, 1.807) is 25.1 Å². The number of hydrogen-bond acceptors (Lipinski definition) is 8. The molecular formula is C25H26N2O7S. The maximum atomic E-state index is 12.5. The van der Waals surface area contributed by atoms with Crippen LogP contribution in [0.4, 0.5) is 10.5 Å². The van der Waals surface area contributed by atoms with E-state index >= 15 is 0 Å². The molecule has 1 aliphatic heterocycles. The van der Waals surface area contributed by atoms with Gasteiger partial charge < -0.3 is 19.5 Å². The van der Waals surface area contributed by atoms with E-state index in [9.17, 15) is 19.2 Å². The van der Waals surface area contributed by atoms with Crippen LogP contribution in [0.15, 0.2) is 41.3 Å². The van der Waals surface area contributed by atoms with Gasteiger partial charge in [-0.3, -0.25) is 24.1 Å². The summed E-state index contributed by atoms with van der Waals surface area (Å²) < 4.78 is 15.8. The molecule has 9 nitrogen and oxygen atoms in total. The van der Waals surface area contributed by atoms with Gasteiger partial charge >= 0.3 is 5.97 Å². The molecule has 184 valence electrons. The van der Waals surface area contributed by atoms with E-state index in [1.165, 1.54) is 13.2 Å². The summed E-state index contributed by atoms with van der Waals surface area (Å²) in [7, 11) is 1.18. The maximum Gasteiger partial charge on any atom is 0.325 e. The lowest BCUT2D eigenvalue weighted by atomic mass is 10.1. The molecule has 2 aromatic carbocycles. The van der Waals surface area contributed by atoms with E-state index in [0.717, 1.165) is 27.8 Å². The van der Waals surface area contributed by atoms with Crippen molar-refractivity contribution in [3.63, 3.8) is 0 Å². The summed E-state index contributed by atoms with van der Waals surface area (Å²) in [6, 6.07) is 10.6. The van der Waals surface area contributed by atoms with Crippen LogP contribution < -0.4 is 14.8 Å². The molecule has 0 saturated carbocycles. The van der Waals surface area contributed by atoms with Gasteiger partial charge in [-0.2, -0.15) is 0 Å². The lowest BCUT2D eigenvalue weighted by Gasteiger charge is -2.13. The van der Waals surface area contributed by atoms with E-state index in [1.807, 2.05) is 32.0 Å². The van der Waals surface area contributed by atoms with Crippen molar-refractivity contribution in [2.75, 3.05) is 32.2 Å². The molecular weight excluding hydrogens is 472 g/mol. The van der Waals surface area contributed by atoms with E-state index in [4.69, 9.17) is 9.47 Å². The molecule has 1 saturated heterocycles. The molecule has 0 spiro atoms. The molecule has 2 aromatic rings. The summed E-state index contributed by atoms with van der Waals surface area (Å²) in [4.78, 5) is 49.4. The predicted octanol–water partition coefficient (Wildman–Crippen LogP) is 3.93. The number of amides is 3. The molecule has 1 heterocycles. The summed E-state index contributed by atoms with van der Waals surface area (Å²) in [5.41, 5.74) is 3.47. The zero-order valence-electron chi connectivity index (χ0n) is 19.9. The largest absolute Gasteiger partial charge is 0.490 e. The zero-order chi connectivity index (χ0) is 25.5. The van der Waals surface area contributed by atoms with Gasteiger partial charge in [-0.25, -0.2) is 0 Å². The van der Waals surface area contributed by atoms with E-state index < -0.39 is 23.7 Å². The zero-order valence-corrected chi connectivity index (χ0v) is 20.7.